The van der Waals surface area contributed by atoms with E-state index >= 15 is 0 Å². The molecule has 10 heteroatoms. The van der Waals surface area contributed by atoms with Crippen molar-refractivity contribution < 1.29 is 9.32 Å². The Morgan fingerprint density at radius 3 is 2.77 bits per heavy atom. The fourth-order valence-corrected chi connectivity index (χ4v) is 4.08. The Labute approximate surface area is 164 Å². The largest absolute Gasteiger partial charge is 0.339 e. The van der Waals surface area contributed by atoms with Crippen LogP contribution in [0.3, 0.4) is 0 Å². The fourth-order valence-electron chi connectivity index (χ4n) is 2.17. The van der Waals surface area contributed by atoms with Gasteiger partial charge in [0, 0.05) is 0 Å². The number of thiophene rings is 1. The van der Waals surface area contributed by atoms with Gasteiger partial charge in [-0.2, -0.15) is 4.98 Å². The number of rotatable bonds is 6. The van der Waals surface area contributed by atoms with Crippen LogP contribution in [0.4, 0.5) is 0 Å². The molecule has 0 aliphatic rings. The number of amides is 1. The molecule has 138 valence electrons. The van der Waals surface area contributed by atoms with Gasteiger partial charge in [-0.05, 0) is 40.1 Å². The summed E-state index contributed by atoms with van der Waals surface area (Å²) < 4.78 is 5.93. The van der Waals surface area contributed by atoms with Crippen molar-refractivity contribution >= 4 is 40.2 Å². The van der Waals surface area contributed by atoms with E-state index in [0.29, 0.717) is 27.5 Å². The third-order valence-corrected chi connectivity index (χ3v) is 5.81. The second-order valence-electron chi connectivity index (χ2n) is 6.46. The molecular formula is C16H18ClN5O2S2. The minimum atomic E-state index is -0.776. The van der Waals surface area contributed by atoms with E-state index in [0.717, 1.165) is 9.88 Å². The molecule has 0 aromatic carbocycles. The number of hydrogen-bond acceptors (Lipinski definition) is 8. The average molecular weight is 412 g/mol. The van der Waals surface area contributed by atoms with Crippen molar-refractivity contribution in [2.45, 2.75) is 25.9 Å². The topological polar surface area (TPSA) is 84.2 Å². The molecule has 3 rings (SSSR count). The molecule has 0 aliphatic carbocycles. The lowest BCUT2D eigenvalue weighted by molar-refractivity contribution is 0.0911. The van der Waals surface area contributed by atoms with Gasteiger partial charge in [-0.25, -0.2) is 4.98 Å². The highest BCUT2D eigenvalue weighted by molar-refractivity contribution is 7.24. The molecule has 0 saturated heterocycles. The minimum absolute atomic E-state index is 0.236. The van der Waals surface area contributed by atoms with Crippen LogP contribution in [0.2, 0.25) is 4.34 Å². The molecule has 0 radical (unpaired) electrons. The summed E-state index contributed by atoms with van der Waals surface area (Å²) in [6.45, 7) is 4.20. The Hall–Kier alpha value is -1.81. The summed E-state index contributed by atoms with van der Waals surface area (Å²) in [4.78, 5) is 24.7. The predicted molar refractivity (Wildman–Crippen MR) is 103 cm³/mol. The maximum atomic E-state index is 12.6. The van der Waals surface area contributed by atoms with Crippen LogP contribution in [-0.4, -0.2) is 40.0 Å². The monoisotopic (exact) mass is 411 g/mol. The van der Waals surface area contributed by atoms with Crippen molar-refractivity contribution in [3.8, 4) is 9.88 Å². The number of carbonyl (C=O) groups excluding carboxylic acids is 1. The van der Waals surface area contributed by atoms with Crippen molar-refractivity contribution in [3.63, 3.8) is 0 Å². The third kappa shape index (κ3) is 4.29. The molecule has 26 heavy (non-hydrogen) atoms. The zero-order valence-corrected chi connectivity index (χ0v) is 17.1. The molecule has 7 nitrogen and oxygen atoms in total. The summed E-state index contributed by atoms with van der Waals surface area (Å²) in [5, 5.41) is 7.69. The van der Waals surface area contributed by atoms with E-state index in [4.69, 9.17) is 16.1 Å². The van der Waals surface area contributed by atoms with Gasteiger partial charge in [-0.1, -0.05) is 16.8 Å². The number of hydrogen-bond donors (Lipinski definition) is 1. The molecule has 0 atom stereocenters. The smallest absolute Gasteiger partial charge is 0.263 e. The van der Waals surface area contributed by atoms with Crippen molar-refractivity contribution in [1.29, 1.82) is 0 Å². The average Bonchev–Trinajstić information content (AvgIpc) is 3.25. The fraction of sp³-hybridized carbons (Fsp3) is 0.375. The summed E-state index contributed by atoms with van der Waals surface area (Å²) in [5.74, 6) is 0.694. The molecule has 3 aromatic heterocycles. The molecule has 0 fully saturated rings. The summed E-state index contributed by atoms with van der Waals surface area (Å²) in [7, 11) is 3.83. The molecule has 1 amide bonds. The van der Waals surface area contributed by atoms with E-state index in [-0.39, 0.29) is 5.91 Å². The molecule has 0 saturated carbocycles. The van der Waals surface area contributed by atoms with Crippen LogP contribution in [-0.2, 0) is 12.1 Å². The van der Waals surface area contributed by atoms with E-state index in [9.17, 15) is 4.79 Å². The van der Waals surface area contributed by atoms with Crippen LogP contribution in [0.1, 0.15) is 35.2 Å². The van der Waals surface area contributed by atoms with Gasteiger partial charge in [-0.3, -0.25) is 4.79 Å². The Balaban J connectivity index is 1.72. The van der Waals surface area contributed by atoms with Gasteiger partial charge < -0.3 is 14.7 Å². The van der Waals surface area contributed by atoms with Crippen molar-refractivity contribution in [1.82, 2.24) is 25.3 Å². The number of nitrogens with zero attached hydrogens (tertiary/aromatic N) is 4. The maximum absolute atomic E-state index is 12.6. The molecule has 3 heterocycles. The first-order chi connectivity index (χ1) is 12.2. The van der Waals surface area contributed by atoms with Crippen LogP contribution in [0.5, 0.6) is 0 Å². The highest BCUT2D eigenvalue weighted by Gasteiger charge is 2.30. The molecule has 0 aliphatic heterocycles. The van der Waals surface area contributed by atoms with Gasteiger partial charge in [-0.15, -0.1) is 22.7 Å². The van der Waals surface area contributed by atoms with Crippen LogP contribution in [0, 0.1) is 0 Å². The summed E-state index contributed by atoms with van der Waals surface area (Å²) in [6, 6.07) is 3.70. The summed E-state index contributed by atoms with van der Waals surface area (Å²) in [6.07, 6.45) is 1.56. The lowest BCUT2D eigenvalue weighted by atomic mass is 10.1. The first kappa shape index (κ1) is 19.0. The first-order valence-corrected chi connectivity index (χ1v) is 9.77. The highest BCUT2D eigenvalue weighted by Crippen LogP contribution is 2.33. The van der Waals surface area contributed by atoms with Gasteiger partial charge >= 0.3 is 0 Å². The van der Waals surface area contributed by atoms with E-state index in [1.165, 1.54) is 22.7 Å². The van der Waals surface area contributed by atoms with Crippen molar-refractivity contribution in [2.24, 2.45) is 0 Å². The van der Waals surface area contributed by atoms with Crippen molar-refractivity contribution in [3.05, 3.63) is 39.3 Å². The Bertz CT molecular complexity index is 915. The Morgan fingerprint density at radius 1 is 1.35 bits per heavy atom. The molecule has 1 N–H and O–H groups in total. The normalized spacial score (nSPS) is 11.9. The van der Waals surface area contributed by atoms with Gasteiger partial charge in [0.15, 0.2) is 5.82 Å². The Kier molecular flexibility index (Phi) is 5.42. The molecule has 0 unspecified atom stereocenters. The number of carbonyl (C=O) groups is 1. The van der Waals surface area contributed by atoms with Crippen LogP contribution in [0.15, 0.2) is 22.9 Å². The molecular weight excluding hydrogens is 394 g/mol. The lowest BCUT2D eigenvalue weighted by Crippen LogP contribution is -2.41. The van der Waals surface area contributed by atoms with E-state index in [1.807, 2.05) is 45.0 Å². The highest BCUT2D eigenvalue weighted by atomic mass is 35.5. The SMILES string of the molecule is CN(C)Cc1nc(C(C)(C)NC(=O)c2cnc(-c3ccc(Cl)s3)s2)no1. The quantitative estimate of drug-likeness (QED) is 0.666. The van der Waals surface area contributed by atoms with Crippen molar-refractivity contribution in [2.75, 3.05) is 14.1 Å². The lowest BCUT2D eigenvalue weighted by Gasteiger charge is -2.21. The zero-order chi connectivity index (χ0) is 18.9. The number of halogens is 1. The summed E-state index contributed by atoms with van der Waals surface area (Å²) >= 11 is 8.70. The molecule has 3 aromatic rings. The third-order valence-electron chi connectivity index (χ3n) is 3.42. The summed E-state index contributed by atoms with van der Waals surface area (Å²) in [5.41, 5.74) is -0.776. The van der Waals surface area contributed by atoms with Crippen LogP contribution in [0.25, 0.3) is 9.88 Å². The van der Waals surface area contributed by atoms with Gasteiger partial charge in [0.05, 0.1) is 27.5 Å². The second-order valence-corrected chi connectivity index (χ2v) is 9.21. The van der Waals surface area contributed by atoms with Gasteiger partial charge in [0.1, 0.15) is 9.88 Å². The Morgan fingerprint density at radius 2 is 2.12 bits per heavy atom. The van der Waals surface area contributed by atoms with Crippen LogP contribution < -0.4 is 5.32 Å². The zero-order valence-electron chi connectivity index (χ0n) is 14.7. The van der Waals surface area contributed by atoms with E-state index in [2.05, 4.69) is 20.4 Å². The van der Waals surface area contributed by atoms with Crippen LogP contribution >= 0.6 is 34.3 Å². The van der Waals surface area contributed by atoms with E-state index < -0.39 is 5.54 Å². The maximum Gasteiger partial charge on any atom is 0.263 e. The van der Waals surface area contributed by atoms with Gasteiger partial charge in [0.25, 0.3) is 5.91 Å². The molecule has 0 bridgehead atoms. The molecule has 0 spiro atoms. The number of thiazole rings is 1. The number of nitrogens with one attached hydrogen (secondary N) is 1. The minimum Gasteiger partial charge on any atom is -0.339 e. The number of aromatic nitrogens is 3. The second kappa shape index (κ2) is 7.43. The van der Waals surface area contributed by atoms with Gasteiger partial charge in [0.2, 0.25) is 5.89 Å². The van der Waals surface area contributed by atoms with E-state index in [1.54, 1.807) is 6.20 Å². The standard InChI is InChI=1S/C16H18ClN5O2S2/c1-16(2,15-19-12(24-21-15)8-22(3)4)20-13(23)10-7-18-14(26-10)9-5-6-11(17)25-9/h5-7H,8H2,1-4H3,(H,20,23). The predicted octanol–water partition coefficient (Wildman–Crippen LogP) is 3.63. The first-order valence-electron chi connectivity index (χ1n) is 7.76.